The van der Waals surface area contributed by atoms with Crippen LogP contribution in [0.15, 0.2) is 24.3 Å². The summed E-state index contributed by atoms with van der Waals surface area (Å²) in [5, 5.41) is 11.5. The second-order valence-corrected chi connectivity index (χ2v) is 4.93. The van der Waals surface area contributed by atoms with Crippen molar-refractivity contribution in [2.45, 2.75) is 19.3 Å². The lowest BCUT2D eigenvalue weighted by molar-refractivity contribution is 0.238. The van der Waals surface area contributed by atoms with Gasteiger partial charge < -0.3 is 10.1 Å². The van der Waals surface area contributed by atoms with Gasteiger partial charge in [-0.25, -0.2) is 0 Å². The quantitative estimate of drug-likeness (QED) is 0.906. The Bertz CT molecular complexity index is 540. The normalized spacial score (nSPS) is 19.5. The molecular formula is C14H18N4O. The number of nitrogens with zero attached hydrogens (tertiary/aromatic N) is 3. The highest BCUT2D eigenvalue weighted by Crippen LogP contribution is 2.15. The molecule has 1 aliphatic heterocycles. The van der Waals surface area contributed by atoms with E-state index in [0.717, 1.165) is 30.5 Å². The van der Waals surface area contributed by atoms with Crippen LogP contribution in [0.3, 0.4) is 0 Å². The molecule has 0 aliphatic carbocycles. The smallest absolute Gasteiger partial charge is 0.336 e. The Morgan fingerprint density at radius 2 is 2.11 bits per heavy atom. The summed E-state index contributed by atoms with van der Waals surface area (Å²) in [6.07, 6.45) is 3.59. The zero-order valence-corrected chi connectivity index (χ0v) is 10.9. The lowest BCUT2D eigenvalue weighted by Crippen LogP contribution is -2.30. The van der Waals surface area contributed by atoms with E-state index < -0.39 is 0 Å². The first-order valence-corrected chi connectivity index (χ1v) is 6.85. The van der Waals surface area contributed by atoms with Crippen molar-refractivity contribution >= 4 is 11.0 Å². The molecule has 0 amide bonds. The van der Waals surface area contributed by atoms with Crippen molar-refractivity contribution in [2.24, 2.45) is 5.92 Å². The minimum Gasteiger partial charge on any atom is -0.462 e. The number of benzene rings is 1. The summed E-state index contributed by atoms with van der Waals surface area (Å²) in [6.45, 7) is 2.90. The molecule has 1 fully saturated rings. The molecule has 0 bridgehead atoms. The maximum Gasteiger partial charge on any atom is 0.336 e. The number of hydrogen-bond acceptors (Lipinski definition) is 5. The van der Waals surface area contributed by atoms with Gasteiger partial charge in [0.1, 0.15) is 5.52 Å². The van der Waals surface area contributed by atoms with E-state index in [9.17, 15) is 0 Å². The van der Waals surface area contributed by atoms with Crippen LogP contribution in [-0.2, 0) is 0 Å². The molecule has 1 aromatic carbocycles. The third-order valence-corrected chi connectivity index (χ3v) is 3.50. The minimum atomic E-state index is 0.377. The number of hydrogen-bond donors (Lipinski definition) is 1. The van der Waals surface area contributed by atoms with Gasteiger partial charge in [-0.05, 0) is 50.4 Å². The van der Waals surface area contributed by atoms with Gasteiger partial charge in [-0.3, -0.25) is 0 Å². The van der Waals surface area contributed by atoms with Crippen molar-refractivity contribution in [3.8, 4) is 6.01 Å². The van der Waals surface area contributed by atoms with Crippen LogP contribution in [0.2, 0.25) is 0 Å². The molecule has 1 aromatic heterocycles. The highest BCUT2D eigenvalue weighted by atomic mass is 16.5. The Balaban J connectivity index is 1.56. The van der Waals surface area contributed by atoms with Gasteiger partial charge in [0, 0.05) is 0 Å². The summed E-state index contributed by atoms with van der Waals surface area (Å²) in [7, 11) is 0. The van der Waals surface area contributed by atoms with Crippen LogP contribution in [0.5, 0.6) is 6.01 Å². The molecule has 3 rings (SSSR count). The summed E-state index contributed by atoms with van der Waals surface area (Å²) in [5.74, 6) is 0.710. The first kappa shape index (κ1) is 12.3. The molecule has 0 spiro atoms. The fraction of sp³-hybridized carbons (Fsp3) is 0.500. The van der Waals surface area contributed by atoms with Crippen molar-refractivity contribution in [1.29, 1.82) is 0 Å². The zero-order valence-electron chi connectivity index (χ0n) is 10.9. The molecule has 1 N–H and O–H groups in total. The molecule has 5 nitrogen and oxygen atoms in total. The third-order valence-electron chi connectivity index (χ3n) is 3.50. The van der Waals surface area contributed by atoms with Gasteiger partial charge in [-0.2, -0.15) is 4.98 Å². The average molecular weight is 258 g/mol. The van der Waals surface area contributed by atoms with E-state index in [1.165, 1.54) is 12.8 Å². The summed E-state index contributed by atoms with van der Waals surface area (Å²) < 4.78 is 5.60. The molecular weight excluding hydrogens is 240 g/mol. The Hall–Kier alpha value is -1.75. The monoisotopic (exact) mass is 258 g/mol. The van der Waals surface area contributed by atoms with Crippen LogP contribution < -0.4 is 10.1 Å². The largest absolute Gasteiger partial charge is 0.462 e. The zero-order chi connectivity index (χ0) is 12.9. The molecule has 0 radical (unpaired) electrons. The Labute approximate surface area is 112 Å². The van der Waals surface area contributed by atoms with Gasteiger partial charge in [0.25, 0.3) is 0 Å². The van der Waals surface area contributed by atoms with Gasteiger partial charge in [0.15, 0.2) is 0 Å². The van der Waals surface area contributed by atoms with E-state index in [1.54, 1.807) is 0 Å². The lowest BCUT2D eigenvalue weighted by atomic mass is 9.97. The first-order valence-electron chi connectivity index (χ1n) is 6.85. The fourth-order valence-corrected chi connectivity index (χ4v) is 2.41. The van der Waals surface area contributed by atoms with Crippen molar-refractivity contribution < 1.29 is 4.74 Å². The summed E-state index contributed by atoms with van der Waals surface area (Å²) >= 11 is 0. The number of rotatable bonds is 4. The van der Waals surface area contributed by atoms with E-state index in [4.69, 9.17) is 4.74 Å². The second kappa shape index (κ2) is 5.93. The average Bonchev–Trinajstić information content (AvgIpc) is 2.48. The van der Waals surface area contributed by atoms with Gasteiger partial charge >= 0.3 is 6.01 Å². The van der Waals surface area contributed by atoms with Gasteiger partial charge in [-0.15, -0.1) is 5.10 Å². The van der Waals surface area contributed by atoms with Crippen molar-refractivity contribution in [1.82, 2.24) is 20.5 Å². The predicted octanol–water partition coefficient (Wildman–Crippen LogP) is 1.79. The standard InChI is InChI=1S/C14H18N4O/c1-2-6-13-12(5-1)16-14(18-17-13)19-9-7-11-4-3-8-15-10-11/h1-2,5-6,11,15H,3-4,7-10H2. The number of piperidine rings is 1. The van der Waals surface area contributed by atoms with E-state index in [2.05, 4.69) is 20.5 Å². The number of para-hydroxylation sites is 1. The molecule has 100 valence electrons. The van der Waals surface area contributed by atoms with E-state index >= 15 is 0 Å². The van der Waals surface area contributed by atoms with E-state index in [1.807, 2.05) is 24.3 Å². The highest BCUT2D eigenvalue weighted by molar-refractivity contribution is 5.73. The van der Waals surface area contributed by atoms with Crippen LogP contribution in [0, 0.1) is 5.92 Å². The maximum atomic E-state index is 5.60. The number of nitrogens with one attached hydrogen (secondary N) is 1. The molecule has 1 unspecified atom stereocenters. The molecule has 5 heteroatoms. The predicted molar refractivity (Wildman–Crippen MR) is 73.0 cm³/mol. The molecule has 2 heterocycles. The topological polar surface area (TPSA) is 59.9 Å². The molecule has 2 aromatic rings. The molecule has 1 atom stereocenters. The summed E-state index contributed by atoms with van der Waals surface area (Å²) in [4.78, 5) is 4.35. The van der Waals surface area contributed by atoms with Gasteiger partial charge in [0.2, 0.25) is 0 Å². The summed E-state index contributed by atoms with van der Waals surface area (Å²) in [6, 6.07) is 8.06. The molecule has 19 heavy (non-hydrogen) atoms. The lowest BCUT2D eigenvalue weighted by Gasteiger charge is -2.22. The first-order chi connectivity index (χ1) is 9.42. The van der Waals surface area contributed by atoms with Gasteiger partial charge in [0.05, 0.1) is 12.1 Å². The summed E-state index contributed by atoms with van der Waals surface area (Å²) in [5.41, 5.74) is 1.62. The van der Waals surface area contributed by atoms with Crippen LogP contribution >= 0.6 is 0 Å². The Kier molecular flexibility index (Phi) is 3.83. The molecule has 1 aliphatic rings. The van der Waals surface area contributed by atoms with Crippen LogP contribution in [0.25, 0.3) is 11.0 Å². The van der Waals surface area contributed by atoms with Crippen molar-refractivity contribution in [3.63, 3.8) is 0 Å². The maximum absolute atomic E-state index is 5.60. The number of fused-ring (bicyclic) bond motifs is 1. The van der Waals surface area contributed by atoms with Crippen molar-refractivity contribution in [3.05, 3.63) is 24.3 Å². The third kappa shape index (κ3) is 3.17. The Morgan fingerprint density at radius 3 is 2.95 bits per heavy atom. The van der Waals surface area contributed by atoms with Crippen LogP contribution in [0.4, 0.5) is 0 Å². The van der Waals surface area contributed by atoms with Crippen LogP contribution in [0.1, 0.15) is 19.3 Å². The number of ether oxygens (including phenoxy) is 1. The van der Waals surface area contributed by atoms with Crippen LogP contribution in [-0.4, -0.2) is 34.9 Å². The molecule has 1 saturated heterocycles. The Morgan fingerprint density at radius 1 is 1.21 bits per heavy atom. The van der Waals surface area contributed by atoms with E-state index in [0.29, 0.717) is 18.5 Å². The SMILES string of the molecule is c1ccc2nc(OCCC3CCCNC3)nnc2c1. The van der Waals surface area contributed by atoms with Crippen molar-refractivity contribution in [2.75, 3.05) is 19.7 Å². The minimum absolute atomic E-state index is 0.377. The molecule has 0 saturated carbocycles. The van der Waals surface area contributed by atoms with Gasteiger partial charge in [-0.1, -0.05) is 17.2 Å². The second-order valence-electron chi connectivity index (χ2n) is 4.93. The number of aromatic nitrogens is 3. The van der Waals surface area contributed by atoms with E-state index in [-0.39, 0.29) is 0 Å². The fourth-order valence-electron chi connectivity index (χ4n) is 2.41. The highest BCUT2D eigenvalue weighted by Gasteiger charge is 2.13.